The molecule has 0 aromatic heterocycles. The normalized spacial score (nSPS) is 19.9. The maximum absolute atomic E-state index is 13.3. The lowest BCUT2D eigenvalue weighted by Gasteiger charge is -2.30. The van der Waals surface area contributed by atoms with Crippen molar-refractivity contribution in [2.45, 2.75) is 31.1 Å². The number of rotatable bonds is 5. The molecule has 0 bridgehead atoms. The topological polar surface area (TPSA) is 6.48 Å². The fourth-order valence-corrected chi connectivity index (χ4v) is 3.42. The molecule has 4 heteroatoms. The van der Waals surface area contributed by atoms with Gasteiger partial charge < -0.3 is 4.90 Å². The Morgan fingerprint density at radius 2 is 2.26 bits per heavy atom. The van der Waals surface area contributed by atoms with Crippen molar-refractivity contribution in [3.8, 4) is 0 Å². The van der Waals surface area contributed by atoms with Gasteiger partial charge in [-0.05, 0) is 49.7 Å². The molecule has 1 aromatic rings. The molecule has 1 atom stereocenters. The van der Waals surface area contributed by atoms with Gasteiger partial charge in [-0.1, -0.05) is 22.9 Å². The van der Waals surface area contributed by atoms with Crippen LogP contribution in [0.5, 0.6) is 0 Å². The smallest absolute Gasteiger partial charge is 0.123 e. The predicted molar refractivity (Wildman–Crippen MR) is 82.6 cm³/mol. The van der Waals surface area contributed by atoms with Crippen molar-refractivity contribution in [1.82, 2.24) is 4.90 Å². The van der Waals surface area contributed by atoms with E-state index in [4.69, 9.17) is 0 Å². The molecule has 1 unspecified atom stereocenters. The molecular formula is C15H22BrFN2. The molecule has 0 radical (unpaired) electrons. The number of likely N-dealkylation sites (tertiary alicyclic amines) is 1. The minimum absolute atomic E-state index is 0.164. The van der Waals surface area contributed by atoms with Gasteiger partial charge in [-0.3, -0.25) is 4.90 Å². The summed E-state index contributed by atoms with van der Waals surface area (Å²) in [6, 6.07) is 5.68. The molecule has 19 heavy (non-hydrogen) atoms. The fourth-order valence-electron chi connectivity index (χ4n) is 2.97. The summed E-state index contributed by atoms with van der Waals surface area (Å²) in [6.45, 7) is 5.57. The van der Waals surface area contributed by atoms with E-state index in [-0.39, 0.29) is 5.82 Å². The Morgan fingerprint density at radius 3 is 2.95 bits per heavy atom. The zero-order valence-electron chi connectivity index (χ0n) is 11.7. The van der Waals surface area contributed by atoms with E-state index < -0.39 is 0 Å². The van der Waals surface area contributed by atoms with Gasteiger partial charge >= 0.3 is 0 Å². The highest BCUT2D eigenvalue weighted by Crippen LogP contribution is 2.25. The number of nitrogens with zero attached hydrogens (tertiary/aromatic N) is 2. The van der Waals surface area contributed by atoms with Gasteiger partial charge in [0, 0.05) is 30.7 Å². The van der Waals surface area contributed by atoms with E-state index in [1.54, 1.807) is 12.1 Å². The lowest BCUT2D eigenvalue weighted by molar-refractivity contribution is 0.270. The number of likely N-dealkylation sites (N-methyl/N-ethyl adjacent to an activating group) is 2. The van der Waals surface area contributed by atoms with Gasteiger partial charge in [-0.25, -0.2) is 4.39 Å². The Bertz CT molecular complexity index is 425. The molecular weight excluding hydrogens is 307 g/mol. The van der Waals surface area contributed by atoms with Gasteiger partial charge in [0.1, 0.15) is 5.82 Å². The third-order valence-electron chi connectivity index (χ3n) is 3.99. The van der Waals surface area contributed by atoms with E-state index in [1.807, 2.05) is 6.07 Å². The molecule has 1 saturated heterocycles. The third kappa shape index (κ3) is 3.48. The van der Waals surface area contributed by atoms with Crippen LogP contribution in [0.1, 0.15) is 25.3 Å². The predicted octanol–water partition coefficient (Wildman–Crippen LogP) is 3.64. The van der Waals surface area contributed by atoms with Crippen molar-refractivity contribution in [3.05, 3.63) is 29.6 Å². The number of hydrogen-bond acceptors (Lipinski definition) is 2. The van der Waals surface area contributed by atoms with E-state index in [9.17, 15) is 4.39 Å². The maximum Gasteiger partial charge on any atom is 0.123 e. The quantitative estimate of drug-likeness (QED) is 0.761. The highest BCUT2D eigenvalue weighted by Gasteiger charge is 2.24. The van der Waals surface area contributed by atoms with Crippen LogP contribution in [0, 0.1) is 5.82 Å². The van der Waals surface area contributed by atoms with E-state index in [2.05, 4.69) is 39.7 Å². The zero-order chi connectivity index (χ0) is 13.8. The Balaban J connectivity index is 2.09. The first-order valence-electron chi connectivity index (χ1n) is 6.95. The molecule has 2 rings (SSSR count). The van der Waals surface area contributed by atoms with Crippen LogP contribution in [0.3, 0.4) is 0 Å². The van der Waals surface area contributed by atoms with Crippen LogP contribution in [0.4, 0.5) is 10.1 Å². The zero-order valence-corrected chi connectivity index (χ0v) is 13.3. The minimum atomic E-state index is -0.164. The Morgan fingerprint density at radius 1 is 1.47 bits per heavy atom. The second-order valence-electron chi connectivity index (χ2n) is 5.21. The van der Waals surface area contributed by atoms with Crippen LogP contribution in [-0.4, -0.2) is 37.6 Å². The van der Waals surface area contributed by atoms with Crippen molar-refractivity contribution >= 4 is 21.6 Å². The summed E-state index contributed by atoms with van der Waals surface area (Å²) in [5, 5.41) is 0.687. The summed E-state index contributed by atoms with van der Waals surface area (Å²) in [7, 11) is 2.10. The van der Waals surface area contributed by atoms with Crippen LogP contribution in [0.15, 0.2) is 18.2 Å². The summed E-state index contributed by atoms with van der Waals surface area (Å²) in [5.74, 6) is -0.164. The lowest BCUT2D eigenvalue weighted by Crippen LogP contribution is -2.39. The van der Waals surface area contributed by atoms with E-state index >= 15 is 0 Å². The summed E-state index contributed by atoms with van der Waals surface area (Å²) in [4.78, 5) is 4.79. The summed E-state index contributed by atoms with van der Waals surface area (Å²) in [5.41, 5.74) is 2.14. The average molecular weight is 329 g/mol. The standard InChI is InChI=1S/C15H22BrFN2/c1-3-19-8-4-5-14(19)11-18(2)15-7-6-13(17)9-12(15)10-16/h6-7,9,14H,3-5,8,10-11H2,1-2H3. The average Bonchev–Trinajstić information content (AvgIpc) is 2.85. The molecule has 1 aliphatic rings. The molecule has 1 aromatic carbocycles. The highest BCUT2D eigenvalue weighted by atomic mass is 79.9. The third-order valence-corrected chi connectivity index (χ3v) is 4.59. The van der Waals surface area contributed by atoms with Crippen LogP contribution in [-0.2, 0) is 5.33 Å². The molecule has 1 heterocycles. The molecule has 0 N–H and O–H groups in total. The van der Waals surface area contributed by atoms with E-state index in [0.29, 0.717) is 11.4 Å². The van der Waals surface area contributed by atoms with Crippen LogP contribution < -0.4 is 4.90 Å². The van der Waals surface area contributed by atoms with Crippen molar-refractivity contribution in [1.29, 1.82) is 0 Å². The highest BCUT2D eigenvalue weighted by molar-refractivity contribution is 9.08. The van der Waals surface area contributed by atoms with Crippen molar-refractivity contribution in [3.63, 3.8) is 0 Å². The first-order chi connectivity index (χ1) is 9.15. The number of benzene rings is 1. The summed E-state index contributed by atoms with van der Waals surface area (Å²) >= 11 is 3.45. The van der Waals surface area contributed by atoms with Gasteiger partial charge in [0.15, 0.2) is 0 Å². The molecule has 106 valence electrons. The molecule has 0 saturated carbocycles. The first-order valence-corrected chi connectivity index (χ1v) is 8.07. The van der Waals surface area contributed by atoms with E-state index in [1.165, 1.54) is 19.4 Å². The molecule has 2 nitrogen and oxygen atoms in total. The Hall–Kier alpha value is -0.610. The molecule has 0 amide bonds. The summed E-state index contributed by atoms with van der Waals surface area (Å²) < 4.78 is 13.3. The van der Waals surface area contributed by atoms with Crippen molar-refractivity contribution in [2.24, 2.45) is 0 Å². The summed E-state index contributed by atoms with van der Waals surface area (Å²) in [6.07, 6.45) is 2.56. The number of halogens is 2. The van der Waals surface area contributed by atoms with Gasteiger partial charge in [0.2, 0.25) is 0 Å². The van der Waals surface area contributed by atoms with Gasteiger partial charge in [0.05, 0.1) is 0 Å². The lowest BCUT2D eigenvalue weighted by atomic mass is 10.1. The second-order valence-corrected chi connectivity index (χ2v) is 5.77. The van der Waals surface area contributed by atoms with Crippen molar-refractivity contribution < 1.29 is 4.39 Å². The number of alkyl halides is 1. The van der Waals surface area contributed by atoms with Crippen LogP contribution >= 0.6 is 15.9 Å². The largest absolute Gasteiger partial charge is 0.373 e. The molecule has 1 fully saturated rings. The number of anilines is 1. The minimum Gasteiger partial charge on any atom is -0.373 e. The fraction of sp³-hybridized carbons (Fsp3) is 0.600. The van der Waals surface area contributed by atoms with Crippen molar-refractivity contribution in [2.75, 3.05) is 31.6 Å². The first kappa shape index (κ1) is 14.8. The monoisotopic (exact) mass is 328 g/mol. The number of hydrogen-bond donors (Lipinski definition) is 0. The van der Waals surface area contributed by atoms with Gasteiger partial charge in [0.25, 0.3) is 0 Å². The SMILES string of the molecule is CCN1CCCC1CN(C)c1ccc(F)cc1CBr. The Kier molecular flexibility index (Phi) is 5.22. The van der Waals surface area contributed by atoms with E-state index in [0.717, 1.165) is 24.3 Å². The Labute approximate surface area is 123 Å². The maximum atomic E-state index is 13.3. The molecule has 0 spiro atoms. The van der Waals surface area contributed by atoms with Gasteiger partial charge in [-0.15, -0.1) is 0 Å². The van der Waals surface area contributed by atoms with Crippen LogP contribution in [0.25, 0.3) is 0 Å². The molecule has 0 aliphatic carbocycles. The van der Waals surface area contributed by atoms with Crippen LogP contribution in [0.2, 0.25) is 0 Å². The second kappa shape index (κ2) is 6.71. The van der Waals surface area contributed by atoms with Gasteiger partial charge in [-0.2, -0.15) is 0 Å². The molecule has 1 aliphatic heterocycles.